The van der Waals surface area contributed by atoms with Crippen molar-refractivity contribution in [1.82, 2.24) is 9.80 Å². The van der Waals surface area contributed by atoms with Crippen LogP contribution in [-0.2, 0) is 4.79 Å². The van der Waals surface area contributed by atoms with Gasteiger partial charge in [0.15, 0.2) is 0 Å². The van der Waals surface area contributed by atoms with E-state index in [4.69, 9.17) is 0 Å². The average molecular weight is 300 g/mol. The molecule has 1 unspecified atom stereocenters. The van der Waals surface area contributed by atoms with E-state index < -0.39 is 17.6 Å². The van der Waals surface area contributed by atoms with Gasteiger partial charge in [-0.3, -0.25) is 4.79 Å². The Kier molecular flexibility index (Phi) is 6.45. The topological polar surface area (TPSA) is 81.1 Å². The van der Waals surface area contributed by atoms with Gasteiger partial charge in [-0.25, -0.2) is 4.79 Å². The molecular formula is C15H28N2O4. The van der Waals surface area contributed by atoms with Gasteiger partial charge in [-0.05, 0) is 26.2 Å². The van der Waals surface area contributed by atoms with Gasteiger partial charge < -0.3 is 20.0 Å². The molecule has 0 aromatic heterocycles. The number of rotatable bonds is 6. The molecule has 0 bridgehead atoms. The van der Waals surface area contributed by atoms with Crippen molar-refractivity contribution in [3.63, 3.8) is 0 Å². The molecular weight excluding hydrogens is 272 g/mol. The predicted octanol–water partition coefficient (Wildman–Crippen LogP) is 1.92. The number of carbonyl (C=O) groups is 2. The molecule has 0 aromatic carbocycles. The maximum atomic E-state index is 12.5. The number of amides is 2. The van der Waals surface area contributed by atoms with E-state index in [9.17, 15) is 19.8 Å². The van der Waals surface area contributed by atoms with Gasteiger partial charge in [0.2, 0.25) is 0 Å². The highest BCUT2D eigenvalue weighted by atomic mass is 16.4. The molecule has 0 saturated heterocycles. The van der Waals surface area contributed by atoms with E-state index >= 15 is 0 Å². The van der Waals surface area contributed by atoms with Crippen LogP contribution in [0.15, 0.2) is 0 Å². The molecule has 1 aliphatic rings. The molecule has 1 aliphatic carbocycles. The summed E-state index contributed by atoms with van der Waals surface area (Å²) in [5, 5.41) is 18.5. The summed E-state index contributed by atoms with van der Waals surface area (Å²) in [4.78, 5) is 26.9. The van der Waals surface area contributed by atoms with Crippen molar-refractivity contribution in [2.75, 3.05) is 20.6 Å². The Morgan fingerprint density at radius 2 is 1.76 bits per heavy atom. The van der Waals surface area contributed by atoms with E-state index in [0.29, 0.717) is 13.0 Å². The monoisotopic (exact) mass is 300 g/mol. The lowest BCUT2D eigenvalue weighted by Gasteiger charge is -2.45. The van der Waals surface area contributed by atoms with Gasteiger partial charge in [0.1, 0.15) is 0 Å². The number of hydrogen-bond donors (Lipinski definition) is 2. The van der Waals surface area contributed by atoms with E-state index in [1.54, 1.807) is 30.8 Å². The molecule has 0 radical (unpaired) electrons. The number of urea groups is 1. The number of carboxylic acids is 1. The van der Waals surface area contributed by atoms with E-state index in [-0.39, 0.29) is 12.5 Å². The van der Waals surface area contributed by atoms with Crippen LogP contribution in [-0.4, -0.2) is 64.3 Å². The molecule has 1 atom stereocenters. The maximum absolute atomic E-state index is 12.5. The SMILES string of the molecule is CC(O)CCN(C)C(=O)N(C)C1(CC(=O)O)CCCCC1. The second-order valence-electron chi connectivity index (χ2n) is 6.26. The number of aliphatic hydroxyl groups is 1. The van der Waals surface area contributed by atoms with Gasteiger partial charge >= 0.3 is 12.0 Å². The molecule has 1 rings (SSSR count). The van der Waals surface area contributed by atoms with Crippen LogP contribution in [0.4, 0.5) is 4.79 Å². The van der Waals surface area contributed by atoms with Crippen molar-refractivity contribution >= 4 is 12.0 Å². The Morgan fingerprint density at radius 3 is 2.24 bits per heavy atom. The number of aliphatic carboxylic acids is 1. The molecule has 21 heavy (non-hydrogen) atoms. The van der Waals surface area contributed by atoms with Crippen molar-refractivity contribution in [3.05, 3.63) is 0 Å². The normalized spacial score (nSPS) is 18.9. The number of carboxylic acid groups (broad SMARTS) is 1. The lowest BCUT2D eigenvalue weighted by molar-refractivity contribution is -0.140. The summed E-state index contributed by atoms with van der Waals surface area (Å²) >= 11 is 0. The lowest BCUT2D eigenvalue weighted by Crippen LogP contribution is -2.55. The molecule has 0 aliphatic heterocycles. The zero-order valence-electron chi connectivity index (χ0n) is 13.3. The van der Waals surface area contributed by atoms with Crippen LogP contribution in [0.1, 0.15) is 51.9 Å². The second kappa shape index (κ2) is 7.64. The highest BCUT2D eigenvalue weighted by Gasteiger charge is 2.41. The van der Waals surface area contributed by atoms with Crippen LogP contribution < -0.4 is 0 Å². The number of aliphatic hydroxyl groups excluding tert-OH is 1. The fourth-order valence-electron chi connectivity index (χ4n) is 3.06. The summed E-state index contributed by atoms with van der Waals surface area (Å²) in [6.07, 6.45) is 4.57. The molecule has 1 saturated carbocycles. The minimum absolute atomic E-state index is 0.000513. The fourth-order valence-corrected chi connectivity index (χ4v) is 3.06. The summed E-state index contributed by atoms with van der Waals surface area (Å²) in [6.45, 7) is 2.15. The summed E-state index contributed by atoms with van der Waals surface area (Å²) in [5.41, 5.74) is -0.569. The maximum Gasteiger partial charge on any atom is 0.319 e. The Bertz CT molecular complexity index is 365. The smallest absolute Gasteiger partial charge is 0.319 e. The number of hydrogen-bond acceptors (Lipinski definition) is 3. The van der Waals surface area contributed by atoms with Crippen molar-refractivity contribution < 1.29 is 19.8 Å². The summed E-state index contributed by atoms with van der Waals surface area (Å²) in [5.74, 6) is -0.858. The van der Waals surface area contributed by atoms with Crippen LogP contribution in [0.3, 0.4) is 0 Å². The molecule has 2 N–H and O–H groups in total. The van der Waals surface area contributed by atoms with E-state index in [2.05, 4.69) is 0 Å². The van der Waals surface area contributed by atoms with Crippen molar-refractivity contribution in [2.45, 2.75) is 63.5 Å². The van der Waals surface area contributed by atoms with Crippen LogP contribution in [0.5, 0.6) is 0 Å². The Morgan fingerprint density at radius 1 is 1.19 bits per heavy atom. The zero-order valence-corrected chi connectivity index (χ0v) is 13.3. The summed E-state index contributed by atoms with van der Waals surface area (Å²) in [7, 11) is 3.40. The van der Waals surface area contributed by atoms with Crippen LogP contribution in [0.2, 0.25) is 0 Å². The van der Waals surface area contributed by atoms with E-state index in [1.807, 2.05) is 0 Å². The van der Waals surface area contributed by atoms with E-state index in [0.717, 1.165) is 32.1 Å². The summed E-state index contributed by atoms with van der Waals surface area (Å²) in [6, 6.07) is -0.168. The Labute approximate surface area is 126 Å². The summed E-state index contributed by atoms with van der Waals surface area (Å²) < 4.78 is 0. The van der Waals surface area contributed by atoms with E-state index in [1.165, 1.54) is 0 Å². The average Bonchev–Trinajstić information content (AvgIpc) is 2.43. The van der Waals surface area contributed by atoms with Crippen molar-refractivity contribution in [2.24, 2.45) is 0 Å². The van der Waals surface area contributed by atoms with Gasteiger partial charge in [-0.2, -0.15) is 0 Å². The zero-order chi connectivity index (χ0) is 16.0. The highest BCUT2D eigenvalue weighted by molar-refractivity contribution is 5.76. The molecule has 6 nitrogen and oxygen atoms in total. The van der Waals surface area contributed by atoms with Gasteiger partial charge in [-0.1, -0.05) is 19.3 Å². The third-order valence-electron chi connectivity index (χ3n) is 4.47. The first-order valence-corrected chi connectivity index (χ1v) is 7.67. The minimum Gasteiger partial charge on any atom is -0.481 e. The van der Waals surface area contributed by atoms with Crippen LogP contribution in [0.25, 0.3) is 0 Å². The Hall–Kier alpha value is -1.30. The first-order chi connectivity index (χ1) is 9.78. The van der Waals surface area contributed by atoms with Gasteiger partial charge in [0, 0.05) is 20.6 Å². The lowest BCUT2D eigenvalue weighted by atomic mass is 9.78. The second-order valence-corrected chi connectivity index (χ2v) is 6.26. The molecule has 1 fully saturated rings. The highest BCUT2D eigenvalue weighted by Crippen LogP contribution is 2.36. The standard InChI is InChI=1S/C15H28N2O4/c1-12(18)7-10-16(2)14(21)17(3)15(11-13(19)20)8-5-4-6-9-15/h12,18H,4-11H2,1-3H3,(H,19,20). The first-order valence-electron chi connectivity index (χ1n) is 7.67. The van der Waals surface area contributed by atoms with Crippen molar-refractivity contribution in [3.8, 4) is 0 Å². The molecule has 0 spiro atoms. The van der Waals surface area contributed by atoms with Crippen LogP contribution >= 0.6 is 0 Å². The minimum atomic E-state index is -0.858. The predicted molar refractivity (Wildman–Crippen MR) is 80.2 cm³/mol. The Balaban J connectivity index is 2.76. The third-order valence-corrected chi connectivity index (χ3v) is 4.47. The van der Waals surface area contributed by atoms with Gasteiger partial charge in [0.05, 0.1) is 18.1 Å². The fraction of sp³-hybridized carbons (Fsp3) is 0.867. The van der Waals surface area contributed by atoms with Gasteiger partial charge in [-0.15, -0.1) is 0 Å². The van der Waals surface area contributed by atoms with Crippen LogP contribution in [0, 0.1) is 0 Å². The molecule has 0 heterocycles. The van der Waals surface area contributed by atoms with Gasteiger partial charge in [0.25, 0.3) is 0 Å². The molecule has 0 aromatic rings. The molecule has 122 valence electrons. The quantitative estimate of drug-likeness (QED) is 0.785. The van der Waals surface area contributed by atoms with Crippen molar-refractivity contribution in [1.29, 1.82) is 0 Å². The first kappa shape index (κ1) is 17.8. The molecule has 2 amide bonds. The largest absolute Gasteiger partial charge is 0.481 e. The molecule has 6 heteroatoms. The number of carbonyl (C=O) groups excluding carboxylic acids is 1. The third kappa shape index (κ3) is 4.88. The number of nitrogens with zero attached hydrogens (tertiary/aromatic N) is 2.